The number of carbonyl (C=O) groups excluding carboxylic acids is 2. The Bertz CT molecular complexity index is 1570. The number of rotatable bonds is 7. The van der Waals surface area contributed by atoms with Gasteiger partial charge in [0.2, 0.25) is 5.91 Å². The molecule has 2 aliphatic rings. The normalized spacial score (nSPS) is 20.8. The van der Waals surface area contributed by atoms with Crippen molar-refractivity contribution in [3.05, 3.63) is 101 Å². The number of benzene rings is 4. The Morgan fingerprint density at radius 1 is 0.902 bits per heavy atom. The van der Waals surface area contributed by atoms with Crippen molar-refractivity contribution < 1.29 is 14.7 Å². The Kier molecular flexibility index (Phi) is 8.06. The molecule has 3 atom stereocenters. The molecular formula is C34H34ClN3O3. The summed E-state index contributed by atoms with van der Waals surface area (Å²) >= 11 is 6.09. The molecule has 210 valence electrons. The van der Waals surface area contributed by atoms with Gasteiger partial charge >= 0.3 is 0 Å². The van der Waals surface area contributed by atoms with Crippen LogP contribution in [0.1, 0.15) is 41.6 Å². The van der Waals surface area contributed by atoms with Crippen molar-refractivity contribution in [2.45, 2.75) is 44.4 Å². The fraction of sp³-hybridized carbons (Fsp3) is 0.294. The zero-order chi connectivity index (χ0) is 28.3. The van der Waals surface area contributed by atoms with E-state index >= 15 is 0 Å². The highest BCUT2D eigenvalue weighted by atomic mass is 35.5. The van der Waals surface area contributed by atoms with Crippen molar-refractivity contribution in [1.82, 2.24) is 10.2 Å². The minimum absolute atomic E-state index is 0.0679. The fourth-order valence-corrected chi connectivity index (χ4v) is 6.34. The number of carbonyl (C=O) groups is 2. The van der Waals surface area contributed by atoms with Crippen LogP contribution in [0.5, 0.6) is 0 Å². The molecule has 1 heterocycles. The molecule has 0 bridgehead atoms. The number of aliphatic hydroxyl groups excluding tert-OH is 1. The number of aliphatic hydroxyl groups is 1. The lowest BCUT2D eigenvalue weighted by Gasteiger charge is -2.21. The van der Waals surface area contributed by atoms with E-state index in [2.05, 4.69) is 27.7 Å². The van der Waals surface area contributed by atoms with Crippen molar-refractivity contribution in [1.29, 1.82) is 0 Å². The predicted molar refractivity (Wildman–Crippen MR) is 164 cm³/mol. The first-order chi connectivity index (χ1) is 19.9. The van der Waals surface area contributed by atoms with Gasteiger partial charge < -0.3 is 15.7 Å². The molecule has 7 heteroatoms. The quantitative estimate of drug-likeness (QED) is 0.246. The number of halogens is 1. The molecule has 3 N–H and O–H groups in total. The number of nitrogens with one attached hydrogen (secondary N) is 2. The number of β-amino-alcohol motifs (C(OH)–C–C–N with tert-alkyl or cyclic N) is 1. The highest BCUT2D eigenvalue weighted by Crippen LogP contribution is 2.30. The molecule has 1 aliphatic heterocycles. The Hall–Kier alpha value is -3.71. The van der Waals surface area contributed by atoms with E-state index < -0.39 is 0 Å². The maximum atomic E-state index is 13.3. The minimum atomic E-state index is -0.283. The molecule has 2 amide bonds. The van der Waals surface area contributed by atoms with Gasteiger partial charge in [-0.05, 0) is 83.1 Å². The smallest absolute Gasteiger partial charge is 0.251 e. The molecule has 1 aliphatic carbocycles. The van der Waals surface area contributed by atoms with Crippen LogP contribution < -0.4 is 10.6 Å². The van der Waals surface area contributed by atoms with Crippen LogP contribution in [-0.4, -0.2) is 47.1 Å². The molecule has 6 nitrogen and oxygen atoms in total. The van der Waals surface area contributed by atoms with Crippen LogP contribution >= 0.6 is 11.6 Å². The van der Waals surface area contributed by atoms with Gasteiger partial charge in [0.1, 0.15) is 0 Å². The summed E-state index contributed by atoms with van der Waals surface area (Å²) in [5.41, 5.74) is 4.77. The number of amides is 2. The van der Waals surface area contributed by atoms with E-state index in [0.717, 1.165) is 66.4 Å². The first-order valence-electron chi connectivity index (χ1n) is 14.3. The van der Waals surface area contributed by atoms with Crippen LogP contribution in [0, 0.1) is 5.92 Å². The molecule has 6 rings (SSSR count). The number of fused-ring (bicyclic) bond motifs is 1. The number of hydrogen-bond acceptors (Lipinski definition) is 4. The second-order valence-corrected chi connectivity index (χ2v) is 11.7. The van der Waals surface area contributed by atoms with E-state index in [9.17, 15) is 14.7 Å². The Morgan fingerprint density at radius 3 is 2.49 bits per heavy atom. The van der Waals surface area contributed by atoms with Gasteiger partial charge in [0.25, 0.3) is 5.91 Å². The zero-order valence-electron chi connectivity index (χ0n) is 22.9. The number of hydrogen-bond donors (Lipinski definition) is 3. The highest BCUT2D eigenvalue weighted by Gasteiger charge is 2.34. The largest absolute Gasteiger partial charge is 0.392 e. The van der Waals surface area contributed by atoms with Crippen molar-refractivity contribution >= 4 is 39.9 Å². The monoisotopic (exact) mass is 567 g/mol. The van der Waals surface area contributed by atoms with Crippen molar-refractivity contribution in [2.24, 2.45) is 5.92 Å². The van der Waals surface area contributed by atoms with Crippen molar-refractivity contribution in [3.8, 4) is 11.1 Å². The summed E-state index contributed by atoms with van der Waals surface area (Å²) < 4.78 is 0. The van der Waals surface area contributed by atoms with Crippen LogP contribution in [0.3, 0.4) is 0 Å². The van der Waals surface area contributed by atoms with Gasteiger partial charge in [-0.15, -0.1) is 0 Å². The van der Waals surface area contributed by atoms with E-state index in [1.807, 2.05) is 66.7 Å². The topological polar surface area (TPSA) is 81.7 Å². The van der Waals surface area contributed by atoms with Gasteiger partial charge in [-0.3, -0.25) is 14.5 Å². The van der Waals surface area contributed by atoms with Crippen molar-refractivity contribution in [3.63, 3.8) is 0 Å². The molecule has 1 saturated heterocycles. The molecule has 2 fully saturated rings. The third-order valence-corrected chi connectivity index (χ3v) is 8.59. The number of anilines is 1. The first kappa shape index (κ1) is 27.5. The average Bonchev–Trinajstić information content (AvgIpc) is 3.62. The van der Waals surface area contributed by atoms with Gasteiger partial charge in [-0.25, -0.2) is 0 Å². The maximum absolute atomic E-state index is 13.3. The van der Waals surface area contributed by atoms with Gasteiger partial charge in [0.05, 0.1) is 12.0 Å². The van der Waals surface area contributed by atoms with E-state index in [-0.39, 0.29) is 29.9 Å². The molecule has 0 radical (unpaired) electrons. The molecule has 41 heavy (non-hydrogen) atoms. The number of likely N-dealkylation sites (tertiary alicyclic amines) is 1. The Balaban J connectivity index is 1.09. The number of nitrogens with zero attached hydrogens (tertiary/aromatic N) is 1. The molecular weight excluding hydrogens is 534 g/mol. The maximum Gasteiger partial charge on any atom is 0.251 e. The lowest BCUT2D eigenvalue weighted by molar-refractivity contribution is -0.120. The summed E-state index contributed by atoms with van der Waals surface area (Å²) in [6.45, 7) is 2.41. The van der Waals surface area contributed by atoms with Gasteiger partial charge in [-0.1, -0.05) is 66.6 Å². The summed E-state index contributed by atoms with van der Waals surface area (Å²) in [6.07, 6.45) is 2.99. The standard InChI is InChI=1S/C34H34ClN3O3/c35-27-13-10-23-18-25(9-8-24(23)19-27)33(40)37-32-7-3-6-31(32)34(41)36-28-14-11-22(12-15-28)30-5-2-1-4-26(30)20-38-17-16-29(39)21-38/h1-2,4-5,8-15,18-19,29,31-32,39H,3,6-7,16-17,20-21H2,(H,36,41)(H,37,40)/t29?,31-,32+/m0/s1. The summed E-state index contributed by atoms with van der Waals surface area (Å²) in [5, 5.41) is 18.7. The van der Waals surface area contributed by atoms with E-state index in [1.165, 1.54) is 5.56 Å². The lowest BCUT2D eigenvalue weighted by atomic mass is 9.98. The summed E-state index contributed by atoms with van der Waals surface area (Å²) in [7, 11) is 0. The summed E-state index contributed by atoms with van der Waals surface area (Å²) in [5.74, 6) is -0.519. The van der Waals surface area contributed by atoms with E-state index in [4.69, 9.17) is 11.6 Å². The summed E-state index contributed by atoms with van der Waals surface area (Å²) in [6, 6.07) is 27.2. The molecule has 1 saturated carbocycles. The van der Waals surface area contributed by atoms with Gasteiger partial charge in [0.15, 0.2) is 0 Å². The molecule has 4 aromatic carbocycles. The third-order valence-electron chi connectivity index (χ3n) is 8.36. The molecule has 0 spiro atoms. The first-order valence-corrected chi connectivity index (χ1v) is 14.7. The van der Waals surface area contributed by atoms with Crippen LogP contribution in [0.2, 0.25) is 5.02 Å². The van der Waals surface area contributed by atoms with Crippen LogP contribution in [0.25, 0.3) is 21.9 Å². The third kappa shape index (κ3) is 6.30. The fourth-order valence-electron chi connectivity index (χ4n) is 6.16. The van der Waals surface area contributed by atoms with Gasteiger partial charge in [-0.2, -0.15) is 0 Å². The minimum Gasteiger partial charge on any atom is -0.392 e. The molecule has 4 aromatic rings. The van der Waals surface area contributed by atoms with Crippen molar-refractivity contribution in [2.75, 3.05) is 18.4 Å². The van der Waals surface area contributed by atoms with Gasteiger partial charge in [0, 0.05) is 41.9 Å². The highest BCUT2D eigenvalue weighted by molar-refractivity contribution is 6.31. The van der Waals surface area contributed by atoms with Crippen LogP contribution in [-0.2, 0) is 11.3 Å². The second kappa shape index (κ2) is 12.0. The van der Waals surface area contributed by atoms with Crippen LogP contribution in [0.15, 0.2) is 84.9 Å². The molecule has 0 aromatic heterocycles. The molecule has 1 unspecified atom stereocenters. The lowest BCUT2D eigenvalue weighted by Crippen LogP contribution is -2.41. The predicted octanol–water partition coefficient (Wildman–Crippen LogP) is 6.26. The SMILES string of the molecule is O=C(N[C@@H]1CCC[C@@H]1C(=O)Nc1ccc(-c2ccccc2CN2CCC(O)C2)cc1)c1ccc2cc(Cl)ccc2c1. The second-order valence-electron chi connectivity index (χ2n) is 11.2. The van der Waals surface area contributed by atoms with E-state index in [1.54, 1.807) is 6.07 Å². The zero-order valence-corrected chi connectivity index (χ0v) is 23.6. The Morgan fingerprint density at radius 2 is 1.68 bits per heavy atom. The summed E-state index contributed by atoms with van der Waals surface area (Å²) in [4.78, 5) is 28.6. The Labute approximate surface area is 245 Å². The average molecular weight is 568 g/mol. The van der Waals surface area contributed by atoms with Crippen LogP contribution in [0.4, 0.5) is 5.69 Å². The van der Waals surface area contributed by atoms with E-state index in [0.29, 0.717) is 17.1 Å².